The fraction of sp³-hybridized carbons (Fsp3) is 0.333. The normalized spacial score (nSPS) is 30.8. The summed E-state index contributed by atoms with van der Waals surface area (Å²) in [6.45, 7) is 3.94. The predicted molar refractivity (Wildman–Crippen MR) is 80.7 cm³/mol. The van der Waals surface area contributed by atoms with E-state index in [9.17, 15) is 0 Å². The average molecular weight is 312 g/mol. The van der Waals surface area contributed by atoms with Crippen molar-refractivity contribution in [3.8, 4) is 23.0 Å². The fourth-order valence-corrected chi connectivity index (χ4v) is 3.03. The summed E-state index contributed by atoms with van der Waals surface area (Å²) < 4.78 is 29.4. The molecule has 4 heterocycles. The Bertz CT molecular complexity index is 760. The first-order chi connectivity index (χ1) is 11.2. The molecule has 2 aromatic rings. The molecule has 0 aliphatic carbocycles. The molecule has 6 rings (SSSR count). The zero-order chi connectivity index (χ0) is 15.5. The lowest BCUT2D eigenvalue weighted by Crippen LogP contribution is -2.57. The third-order valence-corrected chi connectivity index (χ3v) is 4.42. The summed E-state index contributed by atoms with van der Waals surface area (Å²) in [5.41, 5.74) is 0.718. The number of benzene rings is 2. The molecule has 0 N–H and O–H groups in total. The van der Waals surface area contributed by atoms with Crippen molar-refractivity contribution in [3.63, 3.8) is 0 Å². The van der Waals surface area contributed by atoms with Gasteiger partial charge in [-0.2, -0.15) is 0 Å². The van der Waals surface area contributed by atoms with Crippen LogP contribution in [-0.4, -0.2) is 19.8 Å². The highest BCUT2D eigenvalue weighted by molar-refractivity contribution is 5.55. The van der Waals surface area contributed by atoms with Crippen LogP contribution in [0.25, 0.3) is 0 Å². The first-order valence-corrected chi connectivity index (χ1v) is 7.67. The van der Waals surface area contributed by atoms with E-state index < -0.39 is 5.97 Å². The van der Waals surface area contributed by atoms with Gasteiger partial charge in [0.15, 0.2) is 23.0 Å². The largest absolute Gasteiger partial charge is 0.450 e. The second-order valence-electron chi connectivity index (χ2n) is 6.55. The molecule has 4 aliphatic heterocycles. The van der Waals surface area contributed by atoms with Crippen LogP contribution in [0.2, 0.25) is 0 Å². The molecule has 3 fully saturated rings. The maximum atomic E-state index is 5.94. The van der Waals surface area contributed by atoms with Crippen LogP contribution in [0.5, 0.6) is 23.0 Å². The molecular formula is C18H16O5. The van der Waals surface area contributed by atoms with Crippen molar-refractivity contribution in [1.29, 1.82) is 0 Å². The van der Waals surface area contributed by atoms with Crippen molar-refractivity contribution >= 4 is 0 Å². The zero-order valence-corrected chi connectivity index (χ0v) is 12.7. The summed E-state index contributed by atoms with van der Waals surface area (Å²) in [6, 6.07) is 13.2. The van der Waals surface area contributed by atoms with Gasteiger partial charge in [-0.05, 0) is 30.3 Å². The third kappa shape index (κ3) is 1.97. The summed E-state index contributed by atoms with van der Waals surface area (Å²) >= 11 is 0. The minimum Gasteiger partial charge on any atom is -0.450 e. The predicted octanol–water partition coefficient (Wildman–Crippen LogP) is 3.78. The molecule has 0 spiro atoms. The Balaban J connectivity index is 1.51. The Morgan fingerprint density at radius 3 is 1.96 bits per heavy atom. The van der Waals surface area contributed by atoms with Crippen LogP contribution in [0.1, 0.15) is 12.5 Å². The number of hydrogen-bond acceptors (Lipinski definition) is 5. The SMILES string of the molecule is CC12COC(c3ccc4c(c3)Oc3ccccc3O4)(OC1)OC2. The molecule has 0 atom stereocenters. The van der Waals surface area contributed by atoms with Gasteiger partial charge in [0.1, 0.15) is 0 Å². The highest BCUT2D eigenvalue weighted by atomic mass is 16.9. The van der Waals surface area contributed by atoms with Gasteiger partial charge in [-0.3, -0.25) is 0 Å². The molecule has 0 radical (unpaired) electrons. The van der Waals surface area contributed by atoms with Crippen LogP contribution >= 0.6 is 0 Å². The standard InChI is InChI=1S/C18H16O5/c1-17-9-19-18(20-10-17,21-11-17)12-6-7-15-16(8-12)23-14-5-3-2-4-13(14)22-15/h2-8H,9-11H2,1H3. The van der Waals surface area contributed by atoms with Crippen LogP contribution in [0.4, 0.5) is 0 Å². The van der Waals surface area contributed by atoms with Gasteiger partial charge in [0.05, 0.1) is 19.8 Å². The zero-order valence-electron chi connectivity index (χ0n) is 12.7. The Kier molecular flexibility index (Phi) is 2.60. The van der Waals surface area contributed by atoms with Gasteiger partial charge in [0.25, 0.3) is 0 Å². The average Bonchev–Trinajstić information content (AvgIpc) is 2.60. The van der Waals surface area contributed by atoms with E-state index in [0.29, 0.717) is 42.8 Å². The summed E-state index contributed by atoms with van der Waals surface area (Å²) in [5.74, 6) is 1.57. The fourth-order valence-electron chi connectivity index (χ4n) is 3.03. The molecule has 5 nitrogen and oxygen atoms in total. The number of ether oxygens (including phenoxy) is 5. The van der Waals surface area contributed by atoms with E-state index in [-0.39, 0.29) is 5.41 Å². The maximum Gasteiger partial charge on any atom is 0.312 e. The number of para-hydroxylation sites is 2. The van der Waals surface area contributed by atoms with Crippen LogP contribution in [-0.2, 0) is 20.2 Å². The Labute approximate surface area is 133 Å². The maximum absolute atomic E-state index is 5.94. The molecule has 4 aliphatic rings. The van der Waals surface area contributed by atoms with Crippen LogP contribution in [0.15, 0.2) is 42.5 Å². The van der Waals surface area contributed by atoms with Gasteiger partial charge in [0, 0.05) is 11.0 Å². The molecule has 0 aromatic heterocycles. The molecule has 2 aromatic carbocycles. The Hall–Kier alpha value is -2.08. The second-order valence-corrected chi connectivity index (χ2v) is 6.55. The lowest BCUT2D eigenvalue weighted by atomic mass is 9.91. The second kappa shape index (κ2) is 4.47. The molecule has 0 amide bonds. The van der Waals surface area contributed by atoms with Crippen molar-refractivity contribution in [2.75, 3.05) is 19.8 Å². The van der Waals surface area contributed by atoms with Gasteiger partial charge in [-0.25, -0.2) is 0 Å². The minimum atomic E-state index is -1.13. The monoisotopic (exact) mass is 312 g/mol. The van der Waals surface area contributed by atoms with E-state index >= 15 is 0 Å². The van der Waals surface area contributed by atoms with E-state index in [4.69, 9.17) is 23.7 Å². The van der Waals surface area contributed by atoms with E-state index in [1.807, 2.05) is 42.5 Å². The topological polar surface area (TPSA) is 46.2 Å². The van der Waals surface area contributed by atoms with Crippen LogP contribution in [0, 0.1) is 5.41 Å². The molecule has 0 saturated carbocycles. The summed E-state index contributed by atoms with van der Waals surface area (Å²) in [5, 5.41) is 0. The van der Waals surface area contributed by atoms with Gasteiger partial charge < -0.3 is 23.7 Å². The molecule has 5 heteroatoms. The van der Waals surface area contributed by atoms with E-state index in [1.165, 1.54) is 0 Å². The molecule has 0 unspecified atom stereocenters. The van der Waals surface area contributed by atoms with Gasteiger partial charge in [0.2, 0.25) is 0 Å². The quantitative estimate of drug-likeness (QED) is 0.684. The van der Waals surface area contributed by atoms with Crippen molar-refractivity contribution < 1.29 is 23.7 Å². The van der Waals surface area contributed by atoms with Crippen LogP contribution in [0.3, 0.4) is 0 Å². The van der Waals surface area contributed by atoms with Gasteiger partial charge in [-0.15, -0.1) is 0 Å². The van der Waals surface area contributed by atoms with Crippen molar-refractivity contribution in [3.05, 3.63) is 48.0 Å². The Morgan fingerprint density at radius 1 is 0.739 bits per heavy atom. The minimum absolute atomic E-state index is 0.0610. The lowest BCUT2D eigenvalue weighted by molar-refractivity contribution is -0.477. The number of hydrogen-bond donors (Lipinski definition) is 0. The first kappa shape index (κ1) is 13.4. The lowest BCUT2D eigenvalue weighted by Gasteiger charge is -2.50. The molecule has 2 bridgehead atoms. The summed E-state index contributed by atoms with van der Waals surface area (Å²) in [6.07, 6.45) is 0. The smallest absolute Gasteiger partial charge is 0.312 e. The van der Waals surface area contributed by atoms with Crippen molar-refractivity contribution in [1.82, 2.24) is 0 Å². The van der Waals surface area contributed by atoms with Crippen molar-refractivity contribution in [2.24, 2.45) is 5.41 Å². The van der Waals surface area contributed by atoms with E-state index in [1.54, 1.807) is 0 Å². The van der Waals surface area contributed by atoms with Crippen LogP contribution < -0.4 is 9.47 Å². The molecule has 3 saturated heterocycles. The van der Waals surface area contributed by atoms with E-state index in [0.717, 1.165) is 5.56 Å². The first-order valence-electron chi connectivity index (χ1n) is 7.67. The number of fused-ring (bicyclic) bond motifs is 5. The van der Waals surface area contributed by atoms with E-state index in [2.05, 4.69) is 6.92 Å². The highest BCUT2D eigenvalue weighted by Crippen LogP contribution is 2.49. The number of rotatable bonds is 1. The summed E-state index contributed by atoms with van der Waals surface area (Å²) in [4.78, 5) is 0. The Morgan fingerprint density at radius 2 is 1.30 bits per heavy atom. The summed E-state index contributed by atoms with van der Waals surface area (Å²) in [7, 11) is 0. The van der Waals surface area contributed by atoms with Gasteiger partial charge >= 0.3 is 5.97 Å². The molecular weight excluding hydrogens is 296 g/mol. The highest BCUT2D eigenvalue weighted by Gasteiger charge is 2.51. The van der Waals surface area contributed by atoms with Crippen molar-refractivity contribution in [2.45, 2.75) is 12.9 Å². The third-order valence-electron chi connectivity index (χ3n) is 4.42. The molecule has 23 heavy (non-hydrogen) atoms. The van der Waals surface area contributed by atoms with Gasteiger partial charge in [-0.1, -0.05) is 19.1 Å². The molecule has 118 valence electrons.